The molecule has 1 aromatic heterocycles. The fraction of sp³-hybridized carbons (Fsp3) is 0.467. The summed E-state index contributed by atoms with van der Waals surface area (Å²) in [7, 11) is -3.66. The Balaban J connectivity index is 2.67. The number of pyridine rings is 1. The van der Waals surface area contributed by atoms with E-state index in [2.05, 4.69) is 10.3 Å². The van der Waals surface area contributed by atoms with Crippen LogP contribution in [0.1, 0.15) is 36.2 Å². The Hall–Kier alpha value is -2.47. The smallest absolute Gasteiger partial charge is 0.307 e. The number of ether oxygens (including phenoxy) is 1. The van der Waals surface area contributed by atoms with Crippen LogP contribution in [-0.2, 0) is 19.4 Å². The van der Waals surface area contributed by atoms with Gasteiger partial charge in [-0.05, 0) is 12.0 Å². The van der Waals surface area contributed by atoms with Crippen LogP contribution < -0.4 is 5.32 Å². The van der Waals surface area contributed by atoms with Gasteiger partial charge in [-0.2, -0.15) is 5.26 Å². The topological polar surface area (TPSA) is 126 Å². The number of amides is 1. The Labute approximate surface area is 140 Å². The van der Waals surface area contributed by atoms with Crippen LogP contribution in [0, 0.1) is 17.2 Å². The van der Waals surface area contributed by atoms with Gasteiger partial charge in [0.1, 0.15) is 6.07 Å². The maximum atomic E-state index is 12.0. The third-order valence-electron chi connectivity index (χ3n) is 2.78. The monoisotopic (exact) mass is 353 g/mol. The quantitative estimate of drug-likeness (QED) is 0.714. The van der Waals surface area contributed by atoms with Crippen molar-refractivity contribution in [1.82, 2.24) is 10.3 Å². The normalized spacial score (nSPS) is 11.0. The minimum Gasteiger partial charge on any atom is -0.465 e. The third kappa shape index (κ3) is 5.96. The van der Waals surface area contributed by atoms with E-state index in [1.807, 2.05) is 13.8 Å². The fourth-order valence-electron chi connectivity index (χ4n) is 1.66. The first-order valence-corrected chi connectivity index (χ1v) is 9.08. The molecule has 0 aliphatic heterocycles. The molecule has 1 amide bonds. The summed E-state index contributed by atoms with van der Waals surface area (Å²) in [6, 6.07) is 2.85. The van der Waals surface area contributed by atoms with E-state index in [9.17, 15) is 18.0 Å². The number of esters is 1. The summed E-state index contributed by atoms with van der Waals surface area (Å²) in [5, 5.41) is 11.1. The van der Waals surface area contributed by atoms with E-state index in [1.165, 1.54) is 0 Å². The van der Waals surface area contributed by atoms with Crippen molar-refractivity contribution in [3.63, 3.8) is 0 Å². The van der Waals surface area contributed by atoms with Crippen molar-refractivity contribution < 1.29 is 22.7 Å². The predicted molar refractivity (Wildman–Crippen MR) is 84.8 cm³/mol. The van der Waals surface area contributed by atoms with Crippen molar-refractivity contribution in [2.75, 3.05) is 19.4 Å². The molecule has 0 bridgehead atoms. The molecule has 0 spiro atoms. The van der Waals surface area contributed by atoms with Gasteiger partial charge in [-0.3, -0.25) is 9.59 Å². The molecule has 1 rings (SSSR count). The summed E-state index contributed by atoms with van der Waals surface area (Å²) in [5.41, 5.74) is -0.170. The summed E-state index contributed by atoms with van der Waals surface area (Å²) in [4.78, 5) is 27.1. The molecule has 8 nitrogen and oxygen atoms in total. The number of carbonyl (C=O) groups excluding carboxylic acids is 2. The zero-order valence-corrected chi connectivity index (χ0v) is 14.5. The first-order valence-electron chi connectivity index (χ1n) is 7.19. The molecule has 0 aliphatic carbocycles. The van der Waals surface area contributed by atoms with Crippen LogP contribution in [0.2, 0.25) is 0 Å². The van der Waals surface area contributed by atoms with Crippen molar-refractivity contribution in [2.45, 2.75) is 25.3 Å². The molecule has 24 heavy (non-hydrogen) atoms. The second-order valence-corrected chi connectivity index (χ2v) is 7.47. The summed E-state index contributed by atoms with van der Waals surface area (Å²) in [5.74, 6) is -0.754. The van der Waals surface area contributed by atoms with Crippen molar-refractivity contribution in [2.24, 2.45) is 5.92 Å². The van der Waals surface area contributed by atoms with Crippen LogP contribution >= 0.6 is 0 Å². The Morgan fingerprint density at radius 3 is 2.62 bits per heavy atom. The lowest BCUT2D eigenvalue weighted by molar-refractivity contribution is -0.144. The molecule has 0 atom stereocenters. The molecule has 0 fully saturated rings. The fourth-order valence-corrected chi connectivity index (χ4v) is 2.41. The van der Waals surface area contributed by atoms with Gasteiger partial charge in [0.25, 0.3) is 5.91 Å². The van der Waals surface area contributed by atoms with Gasteiger partial charge in [0.2, 0.25) is 0 Å². The van der Waals surface area contributed by atoms with Crippen molar-refractivity contribution >= 4 is 21.7 Å². The molecule has 0 saturated heterocycles. The Bertz CT molecular complexity index is 766. The molecular formula is C15H19N3O5S. The van der Waals surface area contributed by atoms with Crippen molar-refractivity contribution in [1.29, 1.82) is 5.26 Å². The first-order chi connectivity index (χ1) is 11.1. The van der Waals surface area contributed by atoms with E-state index in [0.717, 1.165) is 18.5 Å². The van der Waals surface area contributed by atoms with E-state index >= 15 is 0 Å². The Kier molecular flexibility index (Phi) is 6.85. The van der Waals surface area contributed by atoms with Gasteiger partial charge in [0.15, 0.2) is 14.9 Å². The van der Waals surface area contributed by atoms with Crippen LogP contribution in [0.3, 0.4) is 0 Å². The molecule has 0 aromatic carbocycles. The molecule has 0 aliphatic rings. The number of rotatable bonds is 7. The maximum absolute atomic E-state index is 12.0. The molecule has 0 saturated carbocycles. The van der Waals surface area contributed by atoms with Crippen molar-refractivity contribution in [3.8, 4) is 6.07 Å². The van der Waals surface area contributed by atoms with Gasteiger partial charge < -0.3 is 10.1 Å². The van der Waals surface area contributed by atoms with Gasteiger partial charge in [-0.15, -0.1) is 0 Å². The minimum atomic E-state index is -3.66. The lowest BCUT2D eigenvalue weighted by atomic mass is 10.2. The third-order valence-corrected chi connectivity index (χ3v) is 3.81. The van der Waals surface area contributed by atoms with Crippen LogP contribution in [0.25, 0.3) is 0 Å². The SMILES string of the molecule is CC(C)COC(=O)CCNC(=O)c1cnc(S(C)(=O)=O)c(C#N)c1. The number of hydrogen-bond donors (Lipinski definition) is 1. The zero-order chi connectivity index (χ0) is 18.3. The van der Waals surface area contributed by atoms with E-state index < -0.39 is 21.7 Å². The average molecular weight is 353 g/mol. The largest absolute Gasteiger partial charge is 0.465 e. The number of carbonyl (C=O) groups is 2. The number of nitrogens with one attached hydrogen (secondary N) is 1. The number of nitriles is 1. The number of aromatic nitrogens is 1. The van der Waals surface area contributed by atoms with E-state index in [1.54, 1.807) is 6.07 Å². The number of sulfone groups is 1. The highest BCUT2D eigenvalue weighted by Gasteiger charge is 2.18. The van der Waals surface area contributed by atoms with E-state index in [-0.39, 0.29) is 35.0 Å². The highest BCUT2D eigenvalue weighted by atomic mass is 32.2. The molecule has 9 heteroatoms. The van der Waals surface area contributed by atoms with Gasteiger partial charge in [-0.1, -0.05) is 13.8 Å². The molecule has 0 radical (unpaired) electrons. The highest BCUT2D eigenvalue weighted by Crippen LogP contribution is 2.13. The lowest BCUT2D eigenvalue weighted by Crippen LogP contribution is -2.27. The van der Waals surface area contributed by atoms with Gasteiger partial charge in [0.05, 0.1) is 24.2 Å². The minimum absolute atomic E-state index is 0.0123. The lowest BCUT2D eigenvalue weighted by Gasteiger charge is -2.08. The number of nitrogens with zero attached hydrogens (tertiary/aromatic N) is 2. The van der Waals surface area contributed by atoms with Crippen molar-refractivity contribution in [3.05, 3.63) is 23.4 Å². The summed E-state index contributed by atoms with van der Waals surface area (Å²) in [6.07, 6.45) is 2.01. The summed E-state index contributed by atoms with van der Waals surface area (Å²) in [6.45, 7) is 4.20. The molecule has 1 aromatic rings. The molecule has 130 valence electrons. The summed E-state index contributed by atoms with van der Waals surface area (Å²) < 4.78 is 27.9. The molecule has 1 N–H and O–H groups in total. The molecular weight excluding hydrogens is 334 g/mol. The standard InChI is InChI=1S/C15H19N3O5S/c1-10(2)9-23-13(19)4-5-17-14(20)12-6-11(7-16)15(18-8-12)24(3,21)22/h6,8,10H,4-5,9H2,1-3H3,(H,17,20). The van der Waals surface area contributed by atoms with Gasteiger partial charge in [-0.25, -0.2) is 13.4 Å². The molecule has 1 heterocycles. The van der Waals surface area contributed by atoms with Crippen LogP contribution in [-0.4, -0.2) is 44.7 Å². The van der Waals surface area contributed by atoms with Gasteiger partial charge in [0, 0.05) is 19.0 Å². The first kappa shape index (κ1) is 19.6. The van der Waals surface area contributed by atoms with Crippen LogP contribution in [0.15, 0.2) is 17.3 Å². The predicted octanol–water partition coefficient (Wildman–Crippen LogP) is 0.676. The zero-order valence-electron chi connectivity index (χ0n) is 13.7. The second kappa shape index (κ2) is 8.40. The van der Waals surface area contributed by atoms with Crippen LogP contribution in [0.4, 0.5) is 0 Å². The molecule has 0 unspecified atom stereocenters. The summed E-state index contributed by atoms with van der Waals surface area (Å²) >= 11 is 0. The van der Waals surface area contributed by atoms with E-state index in [0.29, 0.717) is 6.61 Å². The Morgan fingerprint density at radius 1 is 1.42 bits per heavy atom. The second-order valence-electron chi connectivity index (χ2n) is 5.54. The highest BCUT2D eigenvalue weighted by molar-refractivity contribution is 7.90. The van der Waals surface area contributed by atoms with E-state index in [4.69, 9.17) is 10.00 Å². The Morgan fingerprint density at radius 2 is 2.08 bits per heavy atom. The number of hydrogen-bond acceptors (Lipinski definition) is 7. The average Bonchev–Trinajstić information content (AvgIpc) is 2.51. The van der Waals surface area contributed by atoms with Gasteiger partial charge >= 0.3 is 5.97 Å². The maximum Gasteiger partial charge on any atom is 0.307 e. The van der Waals surface area contributed by atoms with Crippen LogP contribution in [0.5, 0.6) is 0 Å².